The van der Waals surface area contributed by atoms with Crippen LogP contribution in [0.3, 0.4) is 0 Å². The van der Waals surface area contributed by atoms with E-state index in [4.69, 9.17) is 18.9 Å². The van der Waals surface area contributed by atoms with E-state index in [0.29, 0.717) is 28.5 Å². The van der Waals surface area contributed by atoms with E-state index >= 15 is 0 Å². The lowest BCUT2D eigenvalue weighted by Gasteiger charge is -2.12. The molecule has 8 heteroatoms. The molecule has 7 nitrogen and oxygen atoms in total. The highest BCUT2D eigenvalue weighted by molar-refractivity contribution is 9.10. The van der Waals surface area contributed by atoms with Crippen molar-refractivity contribution in [1.82, 2.24) is 0 Å². The van der Waals surface area contributed by atoms with Gasteiger partial charge in [-0.05, 0) is 42.0 Å². The lowest BCUT2D eigenvalue weighted by Crippen LogP contribution is -2.20. The molecule has 28 heavy (non-hydrogen) atoms. The Morgan fingerprint density at radius 2 is 1.71 bits per heavy atom. The molecule has 2 aromatic rings. The molecule has 0 fully saturated rings. The first-order valence-electron chi connectivity index (χ1n) is 8.17. The smallest absolute Gasteiger partial charge is 0.331 e. The monoisotopic (exact) mass is 449 g/mol. The number of benzene rings is 2. The highest BCUT2D eigenvalue weighted by atomic mass is 79.9. The molecule has 0 atom stereocenters. The summed E-state index contributed by atoms with van der Waals surface area (Å²) < 4.78 is 21.5. The van der Waals surface area contributed by atoms with Gasteiger partial charge in [0.1, 0.15) is 0 Å². The average Bonchev–Trinajstić information content (AvgIpc) is 2.69. The zero-order valence-corrected chi connectivity index (χ0v) is 17.2. The van der Waals surface area contributed by atoms with Gasteiger partial charge in [0.05, 0.1) is 21.3 Å². The number of hydrogen-bond acceptors (Lipinski definition) is 6. The van der Waals surface area contributed by atoms with Gasteiger partial charge < -0.3 is 24.3 Å². The van der Waals surface area contributed by atoms with Crippen LogP contribution in [-0.4, -0.2) is 39.8 Å². The van der Waals surface area contributed by atoms with Crippen LogP contribution in [0.25, 0.3) is 6.08 Å². The van der Waals surface area contributed by atoms with Crippen LogP contribution in [0.5, 0.6) is 17.2 Å². The van der Waals surface area contributed by atoms with E-state index in [2.05, 4.69) is 21.2 Å². The van der Waals surface area contributed by atoms with Crippen LogP contribution in [-0.2, 0) is 14.3 Å². The second-order valence-corrected chi connectivity index (χ2v) is 6.37. The van der Waals surface area contributed by atoms with E-state index in [1.165, 1.54) is 33.5 Å². The number of nitrogens with one attached hydrogen (secondary N) is 1. The first-order valence-corrected chi connectivity index (χ1v) is 8.96. The highest BCUT2D eigenvalue weighted by Gasteiger charge is 2.12. The lowest BCUT2D eigenvalue weighted by atomic mass is 10.1. The van der Waals surface area contributed by atoms with Crippen LogP contribution in [0.15, 0.2) is 46.9 Å². The van der Waals surface area contributed by atoms with Crippen molar-refractivity contribution in [3.8, 4) is 17.2 Å². The fraction of sp³-hybridized carbons (Fsp3) is 0.200. The van der Waals surface area contributed by atoms with Gasteiger partial charge >= 0.3 is 5.97 Å². The van der Waals surface area contributed by atoms with Crippen LogP contribution in [0.1, 0.15) is 5.56 Å². The van der Waals surface area contributed by atoms with Crippen LogP contribution in [0, 0.1) is 0 Å². The van der Waals surface area contributed by atoms with Gasteiger partial charge in [-0.1, -0.05) is 22.0 Å². The van der Waals surface area contributed by atoms with E-state index in [1.54, 1.807) is 30.3 Å². The molecule has 0 radical (unpaired) electrons. The molecule has 0 saturated carbocycles. The molecule has 148 valence electrons. The third-order valence-electron chi connectivity index (χ3n) is 3.55. The standard InChI is InChI=1S/C20H20BrNO6/c1-25-16-9-13(10-17(26-2)20(16)27-3)7-8-19(24)28-12-18(23)22-15-6-4-5-14(21)11-15/h4-11H,12H2,1-3H3,(H,22,23). The number of methoxy groups -OCH3 is 3. The van der Waals surface area contributed by atoms with Gasteiger partial charge in [-0.25, -0.2) is 4.79 Å². The van der Waals surface area contributed by atoms with Crippen molar-refractivity contribution in [2.24, 2.45) is 0 Å². The number of carbonyl (C=O) groups excluding carboxylic acids is 2. The Balaban J connectivity index is 1.95. The molecule has 0 aliphatic rings. The molecule has 2 rings (SSSR count). The molecule has 0 aliphatic carbocycles. The predicted molar refractivity (Wildman–Crippen MR) is 109 cm³/mol. The maximum atomic E-state index is 11.9. The third kappa shape index (κ3) is 6.02. The van der Waals surface area contributed by atoms with Gasteiger partial charge in [0.15, 0.2) is 18.1 Å². The molecule has 0 aliphatic heterocycles. The van der Waals surface area contributed by atoms with Crippen molar-refractivity contribution < 1.29 is 28.5 Å². The molecular formula is C20H20BrNO6. The van der Waals surface area contributed by atoms with E-state index in [0.717, 1.165) is 4.47 Å². The maximum Gasteiger partial charge on any atom is 0.331 e. The van der Waals surface area contributed by atoms with Crippen molar-refractivity contribution in [3.63, 3.8) is 0 Å². The molecule has 0 bridgehead atoms. The van der Waals surface area contributed by atoms with Gasteiger partial charge in [-0.15, -0.1) is 0 Å². The zero-order chi connectivity index (χ0) is 20.5. The normalized spacial score (nSPS) is 10.4. The summed E-state index contributed by atoms with van der Waals surface area (Å²) in [6.07, 6.45) is 2.74. The minimum atomic E-state index is -0.654. The number of hydrogen-bond donors (Lipinski definition) is 1. The van der Waals surface area contributed by atoms with Crippen LogP contribution in [0.4, 0.5) is 5.69 Å². The number of anilines is 1. The SMILES string of the molecule is COc1cc(C=CC(=O)OCC(=O)Nc2cccc(Br)c2)cc(OC)c1OC. The van der Waals surface area contributed by atoms with Crippen LogP contribution in [0.2, 0.25) is 0 Å². The maximum absolute atomic E-state index is 11.9. The number of halogens is 1. The second kappa shape index (κ2) is 10.4. The quantitative estimate of drug-likeness (QED) is 0.488. The molecule has 0 saturated heterocycles. The van der Waals surface area contributed by atoms with Crippen LogP contribution < -0.4 is 19.5 Å². The topological polar surface area (TPSA) is 83.1 Å². The number of ether oxygens (including phenoxy) is 4. The highest BCUT2D eigenvalue weighted by Crippen LogP contribution is 2.38. The summed E-state index contributed by atoms with van der Waals surface area (Å²) in [6.45, 7) is -0.398. The Morgan fingerprint density at radius 1 is 1.04 bits per heavy atom. The van der Waals surface area contributed by atoms with Crippen LogP contribution >= 0.6 is 15.9 Å². The molecule has 0 spiro atoms. The molecule has 0 unspecified atom stereocenters. The number of esters is 1. The third-order valence-corrected chi connectivity index (χ3v) is 4.05. The molecular weight excluding hydrogens is 430 g/mol. The Kier molecular flexibility index (Phi) is 7.88. The fourth-order valence-electron chi connectivity index (χ4n) is 2.31. The number of carbonyl (C=O) groups is 2. The van der Waals surface area contributed by atoms with Gasteiger partial charge in [-0.3, -0.25) is 4.79 Å². The average molecular weight is 450 g/mol. The van der Waals surface area contributed by atoms with Gasteiger partial charge in [0.2, 0.25) is 5.75 Å². The van der Waals surface area contributed by atoms with E-state index in [-0.39, 0.29) is 0 Å². The van der Waals surface area contributed by atoms with E-state index in [9.17, 15) is 9.59 Å². The Bertz CT molecular complexity index is 856. The summed E-state index contributed by atoms with van der Waals surface area (Å²) in [4.78, 5) is 23.7. The van der Waals surface area contributed by atoms with E-state index < -0.39 is 18.5 Å². The molecule has 0 heterocycles. The molecule has 1 amide bonds. The number of rotatable bonds is 8. The van der Waals surface area contributed by atoms with E-state index in [1.807, 2.05) is 6.07 Å². The number of amides is 1. The summed E-state index contributed by atoms with van der Waals surface area (Å²) >= 11 is 3.31. The minimum absolute atomic E-state index is 0.398. The lowest BCUT2D eigenvalue weighted by molar-refractivity contribution is -0.142. The minimum Gasteiger partial charge on any atom is -0.493 e. The summed E-state index contributed by atoms with van der Waals surface area (Å²) in [7, 11) is 4.51. The summed E-state index contributed by atoms with van der Waals surface area (Å²) in [5.74, 6) is 0.284. The van der Waals surface area contributed by atoms with Gasteiger partial charge in [0.25, 0.3) is 5.91 Å². The molecule has 2 aromatic carbocycles. The van der Waals surface area contributed by atoms with Crippen molar-refractivity contribution >= 4 is 39.6 Å². The predicted octanol–water partition coefficient (Wildman–Crippen LogP) is 3.67. The Labute approximate surface area is 171 Å². The Hall–Kier alpha value is -3.00. The van der Waals surface area contributed by atoms with Gasteiger partial charge in [0, 0.05) is 16.2 Å². The first-order chi connectivity index (χ1) is 13.5. The second-order valence-electron chi connectivity index (χ2n) is 5.46. The Morgan fingerprint density at radius 3 is 2.29 bits per heavy atom. The molecule has 1 N–H and O–H groups in total. The van der Waals surface area contributed by atoms with Gasteiger partial charge in [-0.2, -0.15) is 0 Å². The molecule has 0 aromatic heterocycles. The largest absolute Gasteiger partial charge is 0.493 e. The summed E-state index contributed by atoms with van der Waals surface area (Å²) in [6, 6.07) is 10.5. The summed E-state index contributed by atoms with van der Waals surface area (Å²) in [5.41, 5.74) is 1.24. The van der Waals surface area contributed by atoms with Crippen molar-refractivity contribution in [2.45, 2.75) is 0 Å². The van der Waals surface area contributed by atoms with Crippen molar-refractivity contribution in [3.05, 3.63) is 52.5 Å². The first kappa shape index (κ1) is 21.3. The summed E-state index contributed by atoms with van der Waals surface area (Å²) in [5, 5.41) is 2.64. The van der Waals surface area contributed by atoms with Crippen molar-refractivity contribution in [2.75, 3.05) is 33.3 Å². The fourth-order valence-corrected chi connectivity index (χ4v) is 2.71. The zero-order valence-electron chi connectivity index (χ0n) is 15.7. The van der Waals surface area contributed by atoms with Crippen molar-refractivity contribution in [1.29, 1.82) is 0 Å².